The van der Waals surface area contributed by atoms with Gasteiger partial charge in [-0.2, -0.15) is 0 Å². The average Bonchev–Trinajstić information content (AvgIpc) is 3.16. The molecule has 1 aliphatic carbocycles. The van der Waals surface area contributed by atoms with Crippen LogP contribution in [0.5, 0.6) is 0 Å². The minimum Gasteiger partial charge on any atom is -0.376 e. The first kappa shape index (κ1) is 20.1. The van der Waals surface area contributed by atoms with Gasteiger partial charge in [-0.3, -0.25) is 4.99 Å². The van der Waals surface area contributed by atoms with Crippen LogP contribution >= 0.6 is 0 Å². The monoisotopic (exact) mass is 376 g/mol. The highest BCUT2D eigenvalue weighted by Crippen LogP contribution is 2.23. The van der Waals surface area contributed by atoms with Crippen molar-refractivity contribution in [1.82, 2.24) is 25.4 Å². The lowest BCUT2D eigenvalue weighted by atomic mass is 9.87. The van der Waals surface area contributed by atoms with Crippen LogP contribution in [0, 0.1) is 5.92 Å². The predicted octanol–water partition coefficient (Wildman–Crippen LogP) is 2.52. The summed E-state index contributed by atoms with van der Waals surface area (Å²) in [5.74, 6) is 2.81. The summed E-state index contributed by atoms with van der Waals surface area (Å²) in [6.45, 7) is 7.74. The first-order chi connectivity index (χ1) is 13.2. The second kappa shape index (κ2) is 10.6. The zero-order valence-electron chi connectivity index (χ0n) is 17.0. The predicted molar refractivity (Wildman–Crippen MR) is 108 cm³/mol. The maximum Gasteiger partial charge on any atom is 0.191 e. The molecule has 0 bridgehead atoms. The second-order valence-electron chi connectivity index (χ2n) is 8.00. The lowest BCUT2D eigenvalue weighted by Crippen LogP contribution is -2.46. The van der Waals surface area contributed by atoms with Crippen molar-refractivity contribution in [1.29, 1.82) is 0 Å². The molecule has 27 heavy (non-hydrogen) atoms. The molecule has 1 aromatic heterocycles. The Morgan fingerprint density at radius 1 is 1.26 bits per heavy atom. The molecular weight excluding hydrogens is 340 g/mol. The summed E-state index contributed by atoms with van der Waals surface area (Å²) < 4.78 is 7.95. The Balaban J connectivity index is 1.52. The van der Waals surface area contributed by atoms with E-state index in [-0.39, 0.29) is 6.10 Å². The number of nitrogens with one attached hydrogen (secondary N) is 2. The standard InChI is InChI=1S/C20H36N6O/c1-3-19-25-23-15-26(19)12-11-21-20(22-14-18-6-4-5-13-27-18)24-17-9-7-16(2)8-10-17/h15-18H,3-14H2,1-2H3,(H2,21,22,24). The first-order valence-electron chi connectivity index (χ1n) is 10.8. The van der Waals surface area contributed by atoms with Gasteiger partial charge in [0.2, 0.25) is 0 Å². The van der Waals surface area contributed by atoms with Gasteiger partial charge in [-0.1, -0.05) is 13.8 Å². The molecule has 7 heteroatoms. The highest BCUT2D eigenvalue weighted by molar-refractivity contribution is 5.80. The van der Waals surface area contributed by atoms with Crippen LogP contribution in [0.25, 0.3) is 0 Å². The van der Waals surface area contributed by atoms with Crippen LogP contribution in [-0.4, -0.2) is 52.6 Å². The number of aromatic nitrogens is 3. The quantitative estimate of drug-likeness (QED) is 0.565. The molecule has 2 N–H and O–H groups in total. The Hall–Kier alpha value is -1.63. The number of hydrogen-bond donors (Lipinski definition) is 2. The van der Waals surface area contributed by atoms with E-state index in [0.29, 0.717) is 6.04 Å². The van der Waals surface area contributed by atoms with E-state index in [1.807, 2.05) is 6.33 Å². The third-order valence-electron chi connectivity index (χ3n) is 5.74. The molecule has 1 aliphatic heterocycles. The normalized spacial score (nSPS) is 26.7. The van der Waals surface area contributed by atoms with Crippen LogP contribution in [0.1, 0.15) is 64.6 Å². The molecule has 1 atom stereocenters. The van der Waals surface area contributed by atoms with Gasteiger partial charge in [-0.25, -0.2) is 0 Å². The third-order valence-corrected chi connectivity index (χ3v) is 5.74. The Bertz CT molecular complexity index is 573. The van der Waals surface area contributed by atoms with E-state index in [4.69, 9.17) is 9.73 Å². The van der Waals surface area contributed by atoms with Crippen LogP contribution in [-0.2, 0) is 17.7 Å². The molecule has 1 aromatic rings. The van der Waals surface area contributed by atoms with Gasteiger partial charge < -0.3 is 19.9 Å². The summed E-state index contributed by atoms with van der Waals surface area (Å²) in [4.78, 5) is 4.85. The van der Waals surface area contributed by atoms with E-state index in [0.717, 1.165) is 56.8 Å². The largest absolute Gasteiger partial charge is 0.376 e. The van der Waals surface area contributed by atoms with Crippen molar-refractivity contribution >= 4 is 5.96 Å². The SMILES string of the molecule is CCc1nncn1CCNC(=NCC1CCCCO1)NC1CCC(C)CC1. The summed E-state index contributed by atoms with van der Waals surface area (Å²) in [6.07, 6.45) is 11.6. The van der Waals surface area contributed by atoms with Gasteiger partial charge >= 0.3 is 0 Å². The van der Waals surface area contributed by atoms with E-state index in [9.17, 15) is 0 Å². The summed E-state index contributed by atoms with van der Waals surface area (Å²) in [5, 5.41) is 15.3. The minimum atomic E-state index is 0.272. The molecule has 152 valence electrons. The highest BCUT2D eigenvalue weighted by atomic mass is 16.5. The maximum atomic E-state index is 5.84. The van der Waals surface area contributed by atoms with Crippen molar-refractivity contribution in [2.45, 2.75) is 83.9 Å². The van der Waals surface area contributed by atoms with E-state index in [2.05, 4.69) is 39.2 Å². The van der Waals surface area contributed by atoms with Crippen molar-refractivity contribution in [2.24, 2.45) is 10.9 Å². The number of nitrogens with zero attached hydrogens (tertiary/aromatic N) is 4. The lowest BCUT2D eigenvalue weighted by molar-refractivity contribution is 0.0224. The minimum absolute atomic E-state index is 0.272. The van der Waals surface area contributed by atoms with Crippen molar-refractivity contribution in [3.05, 3.63) is 12.2 Å². The van der Waals surface area contributed by atoms with Gasteiger partial charge in [-0.05, 0) is 50.9 Å². The zero-order valence-corrected chi connectivity index (χ0v) is 17.0. The smallest absolute Gasteiger partial charge is 0.191 e. The van der Waals surface area contributed by atoms with Gasteiger partial charge in [0.05, 0.1) is 12.6 Å². The molecule has 0 spiro atoms. The highest BCUT2D eigenvalue weighted by Gasteiger charge is 2.19. The molecule has 7 nitrogen and oxygen atoms in total. The number of guanidine groups is 1. The number of hydrogen-bond acceptors (Lipinski definition) is 4. The van der Waals surface area contributed by atoms with Crippen molar-refractivity contribution in [3.8, 4) is 0 Å². The van der Waals surface area contributed by atoms with Gasteiger partial charge in [0.15, 0.2) is 5.96 Å². The zero-order chi connectivity index (χ0) is 18.9. The molecule has 0 radical (unpaired) electrons. The third kappa shape index (κ3) is 6.48. The number of ether oxygens (including phenoxy) is 1. The molecule has 2 fully saturated rings. The number of aliphatic imine (C=N–C) groups is 1. The molecule has 3 rings (SSSR count). The van der Waals surface area contributed by atoms with Crippen LogP contribution < -0.4 is 10.6 Å². The van der Waals surface area contributed by atoms with Gasteiger partial charge in [0.25, 0.3) is 0 Å². The van der Waals surface area contributed by atoms with Crippen LogP contribution in [0.3, 0.4) is 0 Å². The molecule has 0 amide bonds. The van der Waals surface area contributed by atoms with E-state index in [1.165, 1.54) is 38.5 Å². The summed E-state index contributed by atoms with van der Waals surface area (Å²) in [5.41, 5.74) is 0. The fraction of sp³-hybridized carbons (Fsp3) is 0.850. The number of rotatable bonds is 7. The Morgan fingerprint density at radius 3 is 2.85 bits per heavy atom. The van der Waals surface area contributed by atoms with Crippen LogP contribution in [0.15, 0.2) is 11.3 Å². The van der Waals surface area contributed by atoms with Gasteiger partial charge in [0, 0.05) is 32.2 Å². The summed E-state index contributed by atoms with van der Waals surface area (Å²) >= 11 is 0. The first-order valence-corrected chi connectivity index (χ1v) is 10.8. The lowest BCUT2D eigenvalue weighted by Gasteiger charge is -2.29. The fourth-order valence-electron chi connectivity index (χ4n) is 3.93. The molecular formula is C20H36N6O. The average molecular weight is 377 g/mol. The van der Waals surface area contributed by atoms with Crippen molar-refractivity contribution < 1.29 is 4.74 Å². The molecule has 1 saturated carbocycles. The van der Waals surface area contributed by atoms with E-state index < -0.39 is 0 Å². The van der Waals surface area contributed by atoms with E-state index in [1.54, 1.807) is 0 Å². The Morgan fingerprint density at radius 2 is 2.11 bits per heavy atom. The fourth-order valence-corrected chi connectivity index (χ4v) is 3.93. The van der Waals surface area contributed by atoms with Gasteiger partial charge in [-0.15, -0.1) is 10.2 Å². The second-order valence-corrected chi connectivity index (χ2v) is 8.00. The molecule has 2 aliphatic rings. The van der Waals surface area contributed by atoms with E-state index >= 15 is 0 Å². The van der Waals surface area contributed by atoms with Gasteiger partial charge in [0.1, 0.15) is 12.2 Å². The van der Waals surface area contributed by atoms with Crippen molar-refractivity contribution in [2.75, 3.05) is 19.7 Å². The maximum absolute atomic E-state index is 5.84. The summed E-state index contributed by atoms with van der Waals surface area (Å²) in [7, 11) is 0. The van der Waals surface area contributed by atoms with Crippen LogP contribution in [0.2, 0.25) is 0 Å². The Labute approximate surface area is 163 Å². The topological polar surface area (TPSA) is 76.4 Å². The molecule has 1 saturated heterocycles. The summed E-state index contributed by atoms with van der Waals surface area (Å²) in [6, 6.07) is 0.529. The molecule has 1 unspecified atom stereocenters. The number of aryl methyl sites for hydroxylation is 1. The Kier molecular flexibility index (Phi) is 7.93. The molecule has 0 aromatic carbocycles. The van der Waals surface area contributed by atoms with Crippen LogP contribution in [0.4, 0.5) is 0 Å². The molecule has 2 heterocycles. The van der Waals surface area contributed by atoms with Crippen molar-refractivity contribution in [3.63, 3.8) is 0 Å².